The molecule has 3 aromatic rings. The molecule has 0 spiro atoms. The van der Waals surface area contributed by atoms with E-state index in [0.717, 1.165) is 29.2 Å². The van der Waals surface area contributed by atoms with Crippen LogP contribution in [-0.4, -0.2) is 43.9 Å². The van der Waals surface area contributed by atoms with Crippen LogP contribution < -0.4 is 10.1 Å². The first-order valence-corrected chi connectivity index (χ1v) is 9.72. The molecule has 8 nitrogen and oxygen atoms in total. The minimum atomic E-state index is -0.171. The summed E-state index contributed by atoms with van der Waals surface area (Å²) < 4.78 is 8.91. The zero-order chi connectivity index (χ0) is 20.8. The van der Waals surface area contributed by atoms with E-state index in [2.05, 4.69) is 22.3 Å². The van der Waals surface area contributed by atoms with Gasteiger partial charge in [0, 0.05) is 37.7 Å². The lowest BCUT2D eigenvalue weighted by Gasteiger charge is -2.24. The van der Waals surface area contributed by atoms with E-state index >= 15 is 0 Å². The molecule has 1 atom stereocenters. The largest absolute Gasteiger partial charge is 0.497 e. The van der Waals surface area contributed by atoms with Gasteiger partial charge in [-0.25, -0.2) is 14.5 Å². The van der Waals surface area contributed by atoms with Gasteiger partial charge in [-0.3, -0.25) is 0 Å². The maximum absolute atomic E-state index is 12.8. The third kappa shape index (κ3) is 4.96. The monoisotopic (exact) mass is 396 g/mol. The average molecular weight is 396 g/mol. The fourth-order valence-electron chi connectivity index (χ4n) is 3.04. The van der Waals surface area contributed by atoms with E-state index < -0.39 is 0 Å². The van der Waals surface area contributed by atoms with Crippen LogP contribution in [0.25, 0.3) is 5.69 Å². The standard InChI is InChI=1S/C21H28N6O2/c1-5-11-26(15-20-22-10-12-25(20)3)21(28)24-16(2)17-13-23-27(14-17)18-6-8-19(29-4)9-7-18/h6-10,12-14,16H,5,11,15H2,1-4H3,(H,24,28)/t16-/m1/s1. The SMILES string of the molecule is CCCN(Cc1nccn1C)C(=O)N[C@H](C)c1cnn(-c2ccc(OC)cc2)c1. The highest BCUT2D eigenvalue weighted by atomic mass is 16.5. The highest BCUT2D eigenvalue weighted by Crippen LogP contribution is 2.18. The number of aromatic nitrogens is 4. The Balaban J connectivity index is 1.66. The zero-order valence-electron chi connectivity index (χ0n) is 17.4. The van der Waals surface area contributed by atoms with Crippen LogP contribution in [0.4, 0.5) is 4.79 Å². The highest BCUT2D eigenvalue weighted by molar-refractivity contribution is 5.74. The predicted molar refractivity (Wildman–Crippen MR) is 111 cm³/mol. The van der Waals surface area contributed by atoms with E-state index in [1.807, 2.05) is 55.2 Å². The first-order chi connectivity index (χ1) is 14.0. The van der Waals surface area contributed by atoms with E-state index in [1.165, 1.54) is 0 Å². The van der Waals surface area contributed by atoms with E-state index in [-0.39, 0.29) is 12.1 Å². The second-order valence-electron chi connectivity index (χ2n) is 6.96. The van der Waals surface area contributed by atoms with Crippen molar-refractivity contribution < 1.29 is 9.53 Å². The van der Waals surface area contributed by atoms with Crippen LogP contribution in [0.15, 0.2) is 49.1 Å². The molecule has 0 saturated heterocycles. The molecule has 0 saturated carbocycles. The molecule has 0 bridgehead atoms. The topological polar surface area (TPSA) is 77.2 Å². The Morgan fingerprint density at radius 2 is 2.07 bits per heavy atom. The van der Waals surface area contributed by atoms with Crippen molar-refractivity contribution in [3.63, 3.8) is 0 Å². The van der Waals surface area contributed by atoms with Crippen LogP contribution in [0.5, 0.6) is 5.75 Å². The molecule has 2 heterocycles. The number of carbonyl (C=O) groups excluding carboxylic acids is 1. The number of urea groups is 1. The number of amides is 2. The number of hydrogen-bond acceptors (Lipinski definition) is 4. The van der Waals surface area contributed by atoms with Gasteiger partial charge in [0.2, 0.25) is 0 Å². The Bertz CT molecular complexity index is 931. The van der Waals surface area contributed by atoms with Crippen LogP contribution in [0.3, 0.4) is 0 Å². The number of hydrogen-bond donors (Lipinski definition) is 1. The number of benzene rings is 1. The van der Waals surface area contributed by atoms with Crippen molar-refractivity contribution in [1.29, 1.82) is 0 Å². The summed E-state index contributed by atoms with van der Waals surface area (Å²) in [6.45, 7) is 5.15. The molecule has 8 heteroatoms. The molecule has 29 heavy (non-hydrogen) atoms. The molecule has 1 aromatic carbocycles. The third-order valence-electron chi connectivity index (χ3n) is 4.81. The maximum Gasteiger partial charge on any atom is 0.318 e. The summed E-state index contributed by atoms with van der Waals surface area (Å²) >= 11 is 0. The van der Waals surface area contributed by atoms with Crippen LogP contribution >= 0.6 is 0 Å². The second-order valence-corrected chi connectivity index (χ2v) is 6.96. The van der Waals surface area contributed by atoms with Crippen LogP contribution in [0, 0.1) is 0 Å². The number of methoxy groups -OCH3 is 1. The Labute approximate surface area is 171 Å². The lowest BCUT2D eigenvalue weighted by molar-refractivity contribution is 0.190. The Kier molecular flexibility index (Phi) is 6.54. The van der Waals surface area contributed by atoms with Crippen molar-refractivity contribution in [2.24, 2.45) is 7.05 Å². The summed E-state index contributed by atoms with van der Waals surface area (Å²) in [5, 5.41) is 7.49. The Morgan fingerprint density at radius 1 is 1.31 bits per heavy atom. The van der Waals surface area contributed by atoms with Gasteiger partial charge in [-0.05, 0) is 37.6 Å². The number of aryl methyl sites for hydroxylation is 1. The van der Waals surface area contributed by atoms with E-state index in [9.17, 15) is 4.79 Å². The van der Waals surface area contributed by atoms with Crippen molar-refractivity contribution in [2.75, 3.05) is 13.7 Å². The second kappa shape index (κ2) is 9.27. The number of nitrogens with one attached hydrogen (secondary N) is 1. The number of imidazole rings is 1. The molecule has 0 aliphatic heterocycles. The number of carbonyl (C=O) groups is 1. The molecule has 154 valence electrons. The van der Waals surface area contributed by atoms with Gasteiger partial charge in [0.1, 0.15) is 11.6 Å². The lowest BCUT2D eigenvalue weighted by Crippen LogP contribution is -2.41. The van der Waals surface area contributed by atoms with Gasteiger partial charge >= 0.3 is 6.03 Å². The first kappa shape index (κ1) is 20.4. The molecule has 1 N–H and O–H groups in total. The van der Waals surface area contributed by atoms with Gasteiger partial charge in [-0.15, -0.1) is 0 Å². The Morgan fingerprint density at radius 3 is 2.69 bits per heavy atom. The summed E-state index contributed by atoms with van der Waals surface area (Å²) in [7, 11) is 3.57. The molecule has 0 fully saturated rings. The number of ether oxygens (including phenoxy) is 1. The van der Waals surface area contributed by atoms with Crippen molar-refractivity contribution in [3.05, 3.63) is 60.4 Å². The maximum atomic E-state index is 12.8. The van der Waals surface area contributed by atoms with Crippen LogP contribution in [-0.2, 0) is 13.6 Å². The molecule has 2 aromatic heterocycles. The van der Waals surface area contributed by atoms with Gasteiger partial charge < -0.3 is 19.5 Å². The molecule has 2 amide bonds. The molecular weight excluding hydrogens is 368 g/mol. The molecular formula is C21H28N6O2. The highest BCUT2D eigenvalue weighted by Gasteiger charge is 2.19. The Hall–Kier alpha value is -3.29. The van der Waals surface area contributed by atoms with Crippen molar-refractivity contribution in [2.45, 2.75) is 32.9 Å². The number of nitrogens with zero attached hydrogens (tertiary/aromatic N) is 5. The van der Waals surface area contributed by atoms with Crippen molar-refractivity contribution >= 4 is 6.03 Å². The summed E-state index contributed by atoms with van der Waals surface area (Å²) in [6.07, 6.45) is 8.20. The summed E-state index contributed by atoms with van der Waals surface area (Å²) in [5.41, 5.74) is 1.86. The van der Waals surface area contributed by atoms with E-state index in [4.69, 9.17) is 4.74 Å². The molecule has 0 unspecified atom stereocenters. The molecule has 0 aliphatic carbocycles. The number of rotatable bonds is 8. The minimum Gasteiger partial charge on any atom is -0.497 e. The van der Waals surface area contributed by atoms with Crippen molar-refractivity contribution in [1.82, 2.24) is 29.5 Å². The van der Waals surface area contributed by atoms with Gasteiger partial charge in [0.15, 0.2) is 0 Å². The summed E-state index contributed by atoms with van der Waals surface area (Å²) in [5.74, 6) is 1.65. The van der Waals surface area contributed by atoms with Gasteiger partial charge in [-0.1, -0.05) is 6.92 Å². The minimum absolute atomic E-state index is 0.112. The van der Waals surface area contributed by atoms with E-state index in [0.29, 0.717) is 13.1 Å². The van der Waals surface area contributed by atoms with Crippen molar-refractivity contribution in [3.8, 4) is 11.4 Å². The van der Waals surface area contributed by atoms with Crippen LogP contribution in [0.2, 0.25) is 0 Å². The summed E-state index contributed by atoms with van der Waals surface area (Å²) in [4.78, 5) is 18.9. The zero-order valence-corrected chi connectivity index (χ0v) is 17.4. The average Bonchev–Trinajstić information content (AvgIpc) is 3.37. The molecule has 3 rings (SSSR count). The first-order valence-electron chi connectivity index (χ1n) is 9.72. The van der Waals surface area contributed by atoms with Gasteiger partial charge in [0.25, 0.3) is 0 Å². The van der Waals surface area contributed by atoms with E-state index in [1.54, 1.807) is 29.1 Å². The van der Waals surface area contributed by atoms with Gasteiger partial charge in [-0.2, -0.15) is 5.10 Å². The fraction of sp³-hybridized carbons (Fsp3) is 0.381. The predicted octanol–water partition coefficient (Wildman–Crippen LogP) is 3.30. The van der Waals surface area contributed by atoms with Gasteiger partial charge in [0.05, 0.1) is 31.6 Å². The quantitative estimate of drug-likeness (QED) is 0.634. The van der Waals surface area contributed by atoms with Crippen LogP contribution in [0.1, 0.15) is 37.7 Å². The summed E-state index contributed by atoms with van der Waals surface area (Å²) in [6, 6.07) is 7.38. The third-order valence-corrected chi connectivity index (χ3v) is 4.81. The normalized spacial score (nSPS) is 11.9. The molecule has 0 radical (unpaired) electrons. The lowest BCUT2D eigenvalue weighted by atomic mass is 10.2. The molecule has 0 aliphatic rings. The smallest absolute Gasteiger partial charge is 0.318 e. The fourth-order valence-corrected chi connectivity index (χ4v) is 3.04.